The Morgan fingerprint density at radius 2 is 1.77 bits per heavy atom. The predicted octanol–water partition coefficient (Wildman–Crippen LogP) is 2.78. The van der Waals surface area contributed by atoms with Gasteiger partial charge in [-0.05, 0) is 56.6 Å². The summed E-state index contributed by atoms with van der Waals surface area (Å²) in [6, 6.07) is 11.8. The van der Waals surface area contributed by atoms with Crippen LogP contribution in [0.25, 0.3) is 0 Å². The molecule has 3 N–H and O–H groups in total. The van der Waals surface area contributed by atoms with Crippen LogP contribution in [0.5, 0.6) is 11.5 Å². The van der Waals surface area contributed by atoms with Crippen molar-refractivity contribution in [2.75, 3.05) is 33.4 Å². The number of ether oxygens (including phenoxy) is 3. The van der Waals surface area contributed by atoms with Crippen LogP contribution in [0.15, 0.2) is 48.5 Å². The zero-order valence-electron chi connectivity index (χ0n) is 21.7. The van der Waals surface area contributed by atoms with E-state index >= 15 is 0 Å². The molecule has 39 heavy (non-hydrogen) atoms. The molecule has 0 aromatic heterocycles. The fraction of sp³-hybridized carbons (Fsp3) is 0.444. The first kappa shape index (κ1) is 29.8. The molecule has 2 aromatic rings. The van der Waals surface area contributed by atoms with Gasteiger partial charge in [0.15, 0.2) is 6.61 Å². The van der Waals surface area contributed by atoms with E-state index in [0.29, 0.717) is 13.1 Å². The van der Waals surface area contributed by atoms with Crippen LogP contribution in [0.4, 0.5) is 13.2 Å². The van der Waals surface area contributed by atoms with Crippen molar-refractivity contribution in [3.05, 3.63) is 59.7 Å². The first-order valence-corrected chi connectivity index (χ1v) is 12.5. The second-order valence-corrected chi connectivity index (χ2v) is 9.02. The Bertz CT molecular complexity index is 1140. The fourth-order valence-corrected chi connectivity index (χ4v) is 4.23. The molecule has 3 rings (SSSR count). The molecule has 1 heterocycles. The molecule has 1 atom stereocenters. The lowest BCUT2D eigenvalue weighted by Crippen LogP contribution is -2.64. The molecular weight excluding hydrogens is 519 g/mol. The second kappa shape index (κ2) is 13.3. The van der Waals surface area contributed by atoms with E-state index in [-0.39, 0.29) is 42.9 Å². The first-order chi connectivity index (χ1) is 18.6. The fourth-order valence-electron chi connectivity index (χ4n) is 4.23. The highest BCUT2D eigenvalue weighted by Gasteiger charge is 2.43. The van der Waals surface area contributed by atoms with Crippen LogP contribution in [0.3, 0.4) is 0 Å². The second-order valence-electron chi connectivity index (χ2n) is 9.02. The van der Waals surface area contributed by atoms with Crippen molar-refractivity contribution in [3.63, 3.8) is 0 Å². The third-order valence-corrected chi connectivity index (χ3v) is 6.23. The number of alkyl halides is 3. The van der Waals surface area contributed by atoms with Gasteiger partial charge in [0.2, 0.25) is 5.91 Å². The average Bonchev–Trinajstić information content (AvgIpc) is 2.92. The number of piperidine rings is 1. The largest absolute Gasteiger partial charge is 0.497 e. The van der Waals surface area contributed by atoms with E-state index < -0.39 is 42.1 Å². The number of hydrogen-bond acceptors (Lipinski definition) is 7. The van der Waals surface area contributed by atoms with Gasteiger partial charge >= 0.3 is 12.1 Å². The van der Waals surface area contributed by atoms with Gasteiger partial charge in [-0.1, -0.05) is 30.3 Å². The minimum atomic E-state index is -4.62. The van der Waals surface area contributed by atoms with Gasteiger partial charge in [-0.2, -0.15) is 13.2 Å². The van der Waals surface area contributed by atoms with Crippen LogP contribution in [-0.4, -0.2) is 69.0 Å². The molecule has 0 radical (unpaired) electrons. The Morgan fingerprint density at radius 1 is 1.08 bits per heavy atom. The number of rotatable bonds is 11. The molecule has 0 bridgehead atoms. The van der Waals surface area contributed by atoms with Crippen molar-refractivity contribution in [2.24, 2.45) is 0 Å². The molecule has 1 saturated heterocycles. The maximum Gasteiger partial charge on any atom is 0.422 e. The van der Waals surface area contributed by atoms with Gasteiger partial charge in [0, 0.05) is 6.42 Å². The molecule has 212 valence electrons. The monoisotopic (exact) mass is 551 g/mol. The van der Waals surface area contributed by atoms with E-state index in [1.54, 1.807) is 19.1 Å². The standard InChI is InChI=1S/C27H32F3N3O6/c1-3-38-24(35)21(15-18-7-5-4-6-8-18)32-25(36)26(11-13-31-14-12-26)33-23(34)20-16-19(37-2)9-10-22(20)39-17-27(28,29)30/h4-10,16,21,31H,3,11-15,17H2,1-2H3,(H,32,36)(H,33,34). The maximum absolute atomic E-state index is 13.7. The van der Waals surface area contributed by atoms with E-state index in [2.05, 4.69) is 16.0 Å². The van der Waals surface area contributed by atoms with E-state index in [1.165, 1.54) is 25.3 Å². The van der Waals surface area contributed by atoms with Crippen LogP contribution in [0, 0.1) is 0 Å². The molecule has 9 nitrogen and oxygen atoms in total. The highest BCUT2D eigenvalue weighted by atomic mass is 19.4. The van der Waals surface area contributed by atoms with Crippen molar-refractivity contribution in [1.82, 2.24) is 16.0 Å². The molecule has 1 aliphatic rings. The maximum atomic E-state index is 13.7. The molecule has 0 spiro atoms. The molecule has 0 aliphatic carbocycles. The lowest BCUT2D eigenvalue weighted by Gasteiger charge is -2.38. The molecule has 2 aromatic carbocycles. The smallest absolute Gasteiger partial charge is 0.422 e. The van der Waals surface area contributed by atoms with E-state index in [0.717, 1.165) is 5.56 Å². The van der Waals surface area contributed by atoms with E-state index in [9.17, 15) is 27.6 Å². The summed E-state index contributed by atoms with van der Waals surface area (Å²) in [5, 5.41) is 8.57. The number of methoxy groups -OCH3 is 1. The summed E-state index contributed by atoms with van der Waals surface area (Å²) in [6.07, 6.45) is -4.11. The zero-order chi connectivity index (χ0) is 28.5. The highest BCUT2D eigenvalue weighted by molar-refractivity contribution is 6.02. The van der Waals surface area contributed by atoms with Crippen molar-refractivity contribution in [1.29, 1.82) is 0 Å². The summed E-state index contributed by atoms with van der Waals surface area (Å²) < 4.78 is 53.6. The van der Waals surface area contributed by atoms with Crippen molar-refractivity contribution in [3.8, 4) is 11.5 Å². The normalized spacial score (nSPS) is 15.5. The molecule has 1 aliphatic heterocycles. The van der Waals surface area contributed by atoms with Crippen molar-refractivity contribution >= 4 is 17.8 Å². The number of halogens is 3. The Balaban J connectivity index is 1.87. The number of nitrogens with one attached hydrogen (secondary N) is 3. The quantitative estimate of drug-likeness (QED) is 0.368. The summed E-state index contributed by atoms with van der Waals surface area (Å²) in [5.74, 6) is -2.15. The molecule has 1 unspecified atom stereocenters. The third kappa shape index (κ3) is 8.34. The minimum Gasteiger partial charge on any atom is -0.497 e. The number of carbonyl (C=O) groups excluding carboxylic acids is 3. The van der Waals surface area contributed by atoms with Gasteiger partial charge in [0.05, 0.1) is 19.3 Å². The Kier molecular flexibility index (Phi) is 10.2. The zero-order valence-corrected chi connectivity index (χ0v) is 21.7. The average molecular weight is 552 g/mol. The van der Waals surface area contributed by atoms with Crippen LogP contribution >= 0.6 is 0 Å². The predicted molar refractivity (Wildman–Crippen MR) is 136 cm³/mol. The van der Waals surface area contributed by atoms with E-state index in [4.69, 9.17) is 14.2 Å². The lowest BCUT2D eigenvalue weighted by molar-refractivity contribution is -0.153. The number of amides is 2. The molecule has 0 saturated carbocycles. The first-order valence-electron chi connectivity index (χ1n) is 12.5. The van der Waals surface area contributed by atoms with Crippen molar-refractivity contribution < 1.29 is 41.8 Å². The van der Waals surface area contributed by atoms with Gasteiger partial charge in [-0.3, -0.25) is 9.59 Å². The van der Waals surface area contributed by atoms with Crippen LogP contribution in [0.1, 0.15) is 35.7 Å². The highest BCUT2D eigenvalue weighted by Crippen LogP contribution is 2.28. The Hall–Kier alpha value is -3.80. The summed E-state index contributed by atoms with van der Waals surface area (Å²) in [7, 11) is 1.34. The minimum absolute atomic E-state index is 0.113. The number of esters is 1. The number of hydrogen-bond donors (Lipinski definition) is 3. The van der Waals surface area contributed by atoms with Gasteiger partial charge in [0.1, 0.15) is 23.1 Å². The van der Waals surface area contributed by atoms with Gasteiger partial charge in [-0.15, -0.1) is 0 Å². The van der Waals surface area contributed by atoms with Crippen LogP contribution in [0.2, 0.25) is 0 Å². The number of carbonyl (C=O) groups is 3. The lowest BCUT2D eigenvalue weighted by atomic mass is 9.86. The van der Waals surface area contributed by atoms with Crippen LogP contribution < -0.4 is 25.4 Å². The molecular formula is C27H32F3N3O6. The summed E-state index contributed by atoms with van der Waals surface area (Å²) in [6.45, 7) is 0.927. The summed E-state index contributed by atoms with van der Waals surface area (Å²) >= 11 is 0. The summed E-state index contributed by atoms with van der Waals surface area (Å²) in [5.41, 5.74) is -0.883. The molecule has 12 heteroatoms. The van der Waals surface area contributed by atoms with Gasteiger partial charge in [0.25, 0.3) is 5.91 Å². The van der Waals surface area contributed by atoms with E-state index in [1.807, 2.05) is 18.2 Å². The van der Waals surface area contributed by atoms with Gasteiger partial charge < -0.3 is 30.2 Å². The molecule has 2 amide bonds. The SMILES string of the molecule is CCOC(=O)C(Cc1ccccc1)NC(=O)C1(NC(=O)c2cc(OC)ccc2OCC(F)(F)F)CCNCC1. The third-order valence-electron chi connectivity index (χ3n) is 6.23. The van der Waals surface area contributed by atoms with Crippen molar-refractivity contribution in [2.45, 2.75) is 43.9 Å². The Morgan fingerprint density at radius 3 is 2.38 bits per heavy atom. The topological polar surface area (TPSA) is 115 Å². The number of benzene rings is 2. The summed E-state index contributed by atoms with van der Waals surface area (Å²) in [4.78, 5) is 39.8. The van der Waals surface area contributed by atoms with Gasteiger partial charge in [-0.25, -0.2) is 4.79 Å². The Labute approximate surface area is 224 Å². The molecule has 1 fully saturated rings. The van der Waals surface area contributed by atoms with Crippen LogP contribution in [-0.2, 0) is 20.7 Å².